The standard InChI is InChI=1S/C16H20N2OS/c1-11(2)19-15-7-3-12(4-8-15)16-18-14(10-20-16)9-17-13-5-6-13/h3-4,7-8,10-11,13,17H,5-6,9H2,1-2H3. The SMILES string of the molecule is CC(C)Oc1ccc(-c2nc(CNC3CC3)cs2)cc1. The van der Waals surface area contributed by atoms with Gasteiger partial charge >= 0.3 is 0 Å². The number of ether oxygens (including phenoxy) is 1. The fourth-order valence-electron chi connectivity index (χ4n) is 2.01. The van der Waals surface area contributed by atoms with Gasteiger partial charge in [0.1, 0.15) is 10.8 Å². The van der Waals surface area contributed by atoms with Gasteiger partial charge in [0.15, 0.2) is 0 Å². The lowest BCUT2D eigenvalue weighted by atomic mass is 10.2. The van der Waals surface area contributed by atoms with Gasteiger partial charge < -0.3 is 10.1 Å². The number of benzene rings is 1. The first-order chi connectivity index (χ1) is 9.70. The second-order valence-corrected chi connectivity index (χ2v) is 6.35. The van der Waals surface area contributed by atoms with Crippen molar-refractivity contribution in [2.45, 2.75) is 45.4 Å². The Morgan fingerprint density at radius 2 is 2.05 bits per heavy atom. The number of aromatic nitrogens is 1. The van der Waals surface area contributed by atoms with Crippen LogP contribution < -0.4 is 10.1 Å². The van der Waals surface area contributed by atoms with Gasteiger partial charge in [0.25, 0.3) is 0 Å². The van der Waals surface area contributed by atoms with Crippen LogP contribution in [0.5, 0.6) is 5.75 Å². The summed E-state index contributed by atoms with van der Waals surface area (Å²) in [7, 11) is 0. The van der Waals surface area contributed by atoms with Gasteiger partial charge in [0.05, 0.1) is 11.8 Å². The minimum absolute atomic E-state index is 0.209. The van der Waals surface area contributed by atoms with Crippen molar-refractivity contribution in [3.05, 3.63) is 35.3 Å². The van der Waals surface area contributed by atoms with Gasteiger partial charge in [0, 0.05) is 23.5 Å². The maximum atomic E-state index is 5.66. The zero-order chi connectivity index (χ0) is 13.9. The summed E-state index contributed by atoms with van der Waals surface area (Å²) >= 11 is 1.70. The van der Waals surface area contributed by atoms with Gasteiger partial charge in [-0.3, -0.25) is 0 Å². The molecule has 20 heavy (non-hydrogen) atoms. The zero-order valence-electron chi connectivity index (χ0n) is 11.9. The molecule has 0 atom stereocenters. The van der Waals surface area contributed by atoms with Crippen molar-refractivity contribution in [1.82, 2.24) is 10.3 Å². The van der Waals surface area contributed by atoms with E-state index < -0.39 is 0 Å². The highest BCUT2D eigenvalue weighted by molar-refractivity contribution is 7.13. The molecule has 0 bridgehead atoms. The van der Waals surface area contributed by atoms with E-state index in [1.807, 2.05) is 26.0 Å². The Labute approximate surface area is 124 Å². The Hall–Kier alpha value is -1.39. The highest BCUT2D eigenvalue weighted by Gasteiger charge is 2.20. The fourth-order valence-corrected chi connectivity index (χ4v) is 2.83. The average Bonchev–Trinajstić information content (AvgIpc) is 3.14. The van der Waals surface area contributed by atoms with E-state index in [1.54, 1.807) is 11.3 Å². The van der Waals surface area contributed by atoms with Crippen LogP contribution in [0, 0.1) is 0 Å². The molecule has 1 aromatic carbocycles. The molecule has 1 fully saturated rings. The molecule has 0 unspecified atom stereocenters. The third-order valence-corrected chi connectivity index (χ3v) is 4.11. The molecule has 0 radical (unpaired) electrons. The van der Waals surface area contributed by atoms with E-state index in [0.717, 1.165) is 34.6 Å². The van der Waals surface area contributed by atoms with E-state index in [0.29, 0.717) is 0 Å². The third-order valence-electron chi connectivity index (χ3n) is 3.17. The van der Waals surface area contributed by atoms with E-state index in [9.17, 15) is 0 Å². The summed E-state index contributed by atoms with van der Waals surface area (Å²) < 4.78 is 5.66. The molecule has 4 heteroatoms. The van der Waals surface area contributed by atoms with Gasteiger partial charge in [-0.2, -0.15) is 0 Å². The van der Waals surface area contributed by atoms with Crippen molar-refractivity contribution in [3.63, 3.8) is 0 Å². The van der Waals surface area contributed by atoms with Gasteiger partial charge in [-0.15, -0.1) is 11.3 Å². The summed E-state index contributed by atoms with van der Waals surface area (Å²) in [6, 6.07) is 8.91. The normalized spacial score (nSPS) is 14.8. The van der Waals surface area contributed by atoms with E-state index in [2.05, 4.69) is 27.8 Å². The third kappa shape index (κ3) is 3.58. The van der Waals surface area contributed by atoms with Crippen molar-refractivity contribution in [2.24, 2.45) is 0 Å². The minimum atomic E-state index is 0.209. The Morgan fingerprint density at radius 1 is 1.30 bits per heavy atom. The number of nitrogens with zero attached hydrogens (tertiary/aromatic N) is 1. The molecule has 3 rings (SSSR count). The first-order valence-corrected chi connectivity index (χ1v) is 8.03. The summed E-state index contributed by atoms with van der Waals surface area (Å²) in [5, 5.41) is 6.71. The largest absolute Gasteiger partial charge is 0.491 e. The number of rotatable bonds is 6. The van der Waals surface area contributed by atoms with E-state index in [1.165, 1.54) is 12.8 Å². The molecule has 0 amide bonds. The van der Waals surface area contributed by atoms with Gasteiger partial charge in [-0.05, 0) is 51.0 Å². The molecule has 106 valence electrons. The quantitative estimate of drug-likeness (QED) is 0.876. The first-order valence-electron chi connectivity index (χ1n) is 7.15. The summed E-state index contributed by atoms with van der Waals surface area (Å²) in [5.41, 5.74) is 2.29. The summed E-state index contributed by atoms with van der Waals surface area (Å²) in [4.78, 5) is 4.69. The fraction of sp³-hybridized carbons (Fsp3) is 0.438. The Kier molecular flexibility index (Phi) is 4.03. The van der Waals surface area contributed by atoms with Gasteiger partial charge in [-0.25, -0.2) is 4.98 Å². The molecular weight excluding hydrogens is 268 g/mol. The minimum Gasteiger partial charge on any atom is -0.491 e. The smallest absolute Gasteiger partial charge is 0.123 e. The predicted octanol–water partition coefficient (Wildman–Crippen LogP) is 3.85. The van der Waals surface area contributed by atoms with Crippen LogP contribution in [0.25, 0.3) is 10.6 Å². The monoisotopic (exact) mass is 288 g/mol. The Balaban J connectivity index is 1.65. The van der Waals surface area contributed by atoms with Crippen LogP contribution in [-0.4, -0.2) is 17.1 Å². The second kappa shape index (κ2) is 5.94. The molecule has 0 aliphatic heterocycles. The van der Waals surface area contributed by atoms with Gasteiger partial charge in [-0.1, -0.05) is 0 Å². The molecule has 1 saturated carbocycles. The average molecular weight is 288 g/mol. The van der Waals surface area contributed by atoms with Crippen LogP contribution in [0.3, 0.4) is 0 Å². The van der Waals surface area contributed by atoms with Crippen LogP contribution in [-0.2, 0) is 6.54 Å². The number of thiazole rings is 1. The van der Waals surface area contributed by atoms with Crippen molar-refractivity contribution in [2.75, 3.05) is 0 Å². The zero-order valence-corrected chi connectivity index (χ0v) is 12.7. The maximum Gasteiger partial charge on any atom is 0.123 e. The van der Waals surface area contributed by atoms with Crippen LogP contribution in [0.1, 0.15) is 32.4 Å². The number of hydrogen-bond donors (Lipinski definition) is 1. The van der Waals surface area contributed by atoms with Crippen LogP contribution in [0.2, 0.25) is 0 Å². The van der Waals surface area contributed by atoms with E-state index in [4.69, 9.17) is 4.74 Å². The maximum absolute atomic E-state index is 5.66. The van der Waals surface area contributed by atoms with Crippen molar-refractivity contribution in [1.29, 1.82) is 0 Å². The lowest BCUT2D eigenvalue weighted by molar-refractivity contribution is 0.242. The topological polar surface area (TPSA) is 34.1 Å². The highest BCUT2D eigenvalue weighted by Crippen LogP contribution is 2.26. The molecule has 1 aromatic heterocycles. The van der Waals surface area contributed by atoms with Crippen LogP contribution in [0.15, 0.2) is 29.6 Å². The van der Waals surface area contributed by atoms with Crippen molar-refractivity contribution < 1.29 is 4.74 Å². The molecule has 1 N–H and O–H groups in total. The molecule has 1 aliphatic carbocycles. The number of nitrogens with one attached hydrogen (secondary N) is 1. The Morgan fingerprint density at radius 3 is 2.70 bits per heavy atom. The molecule has 2 aromatic rings. The molecule has 1 heterocycles. The number of hydrogen-bond acceptors (Lipinski definition) is 4. The van der Waals surface area contributed by atoms with Crippen LogP contribution in [0.4, 0.5) is 0 Å². The molecule has 0 saturated heterocycles. The molecular formula is C16H20N2OS. The van der Waals surface area contributed by atoms with E-state index in [-0.39, 0.29) is 6.10 Å². The highest BCUT2D eigenvalue weighted by atomic mass is 32.1. The summed E-state index contributed by atoms with van der Waals surface area (Å²) in [6.07, 6.45) is 2.84. The lowest BCUT2D eigenvalue weighted by Crippen LogP contribution is -2.15. The van der Waals surface area contributed by atoms with Crippen molar-refractivity contribution >= 4 is 11.3 Å². The molecule has 3 nitrogen and oxygen atoms in total. The molecule has 1 aliphatic rings. The van der Waals surface area contributed by atoms with Gasteiger partial charge in [0.2, 0.25) is 0 Å². The summed E-state index contributed by atoms with van der Waals surface area (Å²) in [6.45, 7) is 4.96. The molecule has 0 spiro atoms. The van der Waals surface area contributed by atoms with E-state index >= 15 is 0 Å². The predicted molar refractivity (Wildman–Crippen MR) is 83.2 cm³/mol. The first kappa shape index (κ1) is 13.6. The lowest BCUT2D eigenvalue weighted by Gasteiger charge is -2.09. The second-order valence-electron chi connectivity index (χ2n) is 5.49. The Bertz CT molecular complexity index is 558. The summed E-state index contributed by atoms with van der Waals surface area (Å²) in [5.74, 6) is 0.913. The van der Waals surface area contributed by atoms with Crippen LogP contribution >= 0.6 is 11.3 Å². The van der Waals surface area contributed by atoms with Crippen molar-refractivity contribution in [3.8, 4) is 16.3 Å².